The predicted octanol–water partition coefficient (Wildman–Crippen LogP) is 14.7. The number of carbonyl (C=O) groups excluding carboxylic acids is 2. The van der Waals surface area contributed by atoms with Crippen LogP contribution in [-0.4, -0.2) is 65.7 Å². The third kappa shape index (κ3) is 46.7. The SMILES string of the molecule is CCCCCCCC/C=C/CCCCCCCCCCCCCC(=O)O[C@H](COC(=O)CCCCCCCCCCCCCCCCCCCC)COP(=O)(O)OC[C@@H](O)CO. The van der Waals surface area contributed by atoms with Gasteiger partial charge in [0.15, 0.2) is 6.10 Å². The molecule has 0 aromatic carbocycles. The first-order valence-corrected chi connectivity index (χ1v) is 27.6. The van der Waals surface area contributed by atoms with Crippen LogP contribution in [0.3, 0.4) is 0 Å². The Bertz CT molecular complexity index is 1040. The van der Waals surface area contributed by atoms with E-state index in [4.69, 9.17) is 23.6 Å². The predicted molar refractivity (Wildman–Crippen MR) is 256 cm³/mol. The number of phosphoric acid groups is 1. The van der Waals surface area contributed by atoms with Crippen molar-refractivity contribution in [3.05, 3.63) is 12.2 Å². The van der Waals surface area contributed by atoms with Gasteiger partial charge in [-0.25, -0.2) is 4.57 Å². The van der Waals surface area contributed by atoms with Crippen LogP contribution in [0.1, 0.15) is 264 Å². The van der Waals surface area contributed by atoms with Gasteiger partial charge in [-0.2, -0.15) is 0 Å². The van der Waals surface area contributed by atoms with E-state index >= 15 is 0 Å². The molecule has 3 N–H and O–H groups in total. The van der Waals surface area contributed by atoms with Crippen molar-refractivity contribution in [2.45, 2.75) is 276 Å². The van der Waals surface area contributed by atoms with Gasteiger partial charge in [0.25, 0.3) is 0 Å². The lowest BCUT2D eigenvalue weighted by Crippen LogP contribution is -2.29. The summed E-state index contributed by atoms with van der Waals surface area (Å²) >= 11 is 0. The van der Waals surface area contributed by atoms with E-state index in [2.05, 4.69) is 26.0 Å². The highest BCUT2D eigenvalue weighted by Crippen LogP contribution is 2.43. The number of unbranched alkanes of at least 4 members (excludes halogenated alkanes) is 34. The fourth-order valence-electron chi connectivity index (χ4n) is 7.64. The zero-order valence-electron chi connectivity index (χ0n) is 40.4. The maximum atomic E-state index is 12.7. The second-order valence-electron chi connectivity index (χ2n) is 17.9. The van der Waals surface area contributed by atoms with E-state index in [1.165, 1.54) is 193 Å². The van der Waals surface area contributed by atoms with Crippen LogP contribution in [-0.2, 0) is 32.7 Å². The average Bonchev–Trinajstić information content (AvgIpc) is 3.26. The average molecular weight is 903 g/mol. The molecule has 0 aromatic rings. The molecule has 62 heavy (non-hydrogen) atoms. The van der Waals surface area contributed by atoms with Crippen LogP contribution in [0.5, 0.6) is 0 Å². The molecule has 0 aliphatic carbocycles. The van der Waals surface area contributed by atoms with Crippen LogP contribution in [0, 0.1) is 0 Å². The molecule has 10 nitrogen and oxygen atoms in total. The summed E-state index contributed by atoms with van der Waals surface area (Å²) in [5, 5.41) is 18.4. The van der Waals surface area contributed by atoms with E-state index in [1.807, 2.05) is 0 Å². The first kappa shape index (κ1) is 60.7. The maximum absolute atomic E-state index is 12.7. The van der Waals surface area contributed by atoms with Gasteiger partial charge in [0.05, 0.1) is 19.8 Å². The van der Waals surface area contributed by atoms with Gasteiger partial charge < -0.3 is 24.6 Å². The van der Waals surface area contributed by atoms with Gasteiger partial charge >= 0.3 is 19.8 Å². The van der Waals surface area contributed by atoms with Crippen molar-refractivity contribution < 1.29 is 47.8 Å². The van der Waals surface area contributed by atoms with E-state index < -0.39 is 51.8 Å². The smallest absolute Gasteiger partial charge is 0.462 e. The second kappa shape index (κ2) is 47.7. The number of aliphatic hydroxyl groups is 2. The minimum Gasteiger partial charge on any atom is -0.462 e. The summed E-state index contributed by atoms with van der Waals surface area (Å²) in [6, 6.07) is 0. The highest BCUT2D eigenvalue weighted by molar-refractivity contribution is 7.47. The molecular formula is C51H99O10P. The zero-order chi connectivity index (χ0) is 45.5. The Labute approximate surface area is 381 Å². The molecule has 0 amide bonds. The minimum absolute atomic E-state index is 0.188. The fraction of sp³-hybridized carbons (Fsp3) is 0.922. The van der Waals surface area contributed by atoms with Crippen molar-refractivity contribution >= 4 is 19.8 Å². The third-order valence-electron chi connectivity index (χ3n) is 11.7. The number of esters is 2. The topological polar surface area (TPSA) is 149 Å². The van der Waals surface area contributed by atoms with E-state index in [1.54, 1.807) is 0 Å². The highest BCUT2D eigenvalue weighted by Gasteiger charge is 2.27. The molecule has 3 atom stereocenters. The fourth-order valence-corrected chi connectivity index (χ4v) is 8.43. The molecule has 0 saturated carbocycles. The lowest BCUT2D eigenvalue weighted by Gasteiger charge is -2.20. The third-order valence-corrected chi connectivity index (χ3v) is 12.6. The van der Waals surface area contributed by atoms with Crippen LogP contribution in [0.4, 0.5) is 0 Å². The first-order chi connectivity index (χ1) is 30.2. The van der Waals surface area contributed by atoms with Crippen LogP contribution in [0.25, 0.3) is 0 Å². The van der Waals surface area contributed by atoms with Gasteiger partial charge in [-0.1, -0.05) is 225 Å². The van der Waals surface area contributed by atoms with Gasteiger partial charge in [-0.15, -0.1) is 0 Å². The Balaban J connectivity index is 4.13. The van der Waals surface area contributed by atoms with Crippen molar-refractivity contribution in [3.8, 4) is 0 Å². The summed E-state index contributed by atoms with van der Waals surface area (Å²) in [5.41, 5.74) is 0. The highest BCUT2D eigenvalue weighted by atomic mass is 31.2. The zero-order valence-corrected chi connectivity index (χ0v) is 41.3. The number of aliphatic hydroxyl groups excluding tert-OH is 2. The van der Waals surface area contributed by atoms with Gasteiger partial charge in [0.1, 0.15) is 12.7 Å². The lowest BCUT2D eigenvalue weighted by molar-refractivity contribution is -0.161. The van der Waals surface area contributed by atoms with E-state index in [-0.39, 0.29) is 19.4 Å². The minimum atomic E-state index is -4.62. The first-order valence-electron chi connectivity index (χ1n) is 26.1. The Morgan fingerprint density at radius 3 is 1.16 bits per heavy atom. The molecule has 11 heteroatoms. The summed E-state index contributed by atoms with van der Waals surface area (Å²) in [5.74, 6) is -0.908. The molecule has 0 bridgehead atoms. The number of rotatable bonds is 50. The molecule has 368 valence electrons. The Hall–Kier alpha value is -1.29. The van der Waals surface area contributed by atoms with Crippen LogP contribution >= 0.6 is 7.82 Å². The van der Waals surface area contributed by atoms with Crippen molar-refractivity contribution in [1.29, 1.82) is 0 Å². The molecule has 0 aromatic heterocycles. The van der Waals surface area contributed by atoms with Gasteiger partial charge in [-0.3, -0.25) is 18.6 Å². The van der Waals surface area contributed by atoms with E-state index in [0.717, 1.165) is 32.1 Å². The maximum Gasteiger partial charge on any atom is 0.472 e. The second-order valence-corrected chi connectivity index (χ2v) is 19.4. The molecule has 1 unspecified atom stereocenters. The standard InChI is InChI=1S/C51H99O10P/c1-3-5-7-9-11-13-15-17-19-21-23-24-25-27-29-31-33-35-37-39-41-43-51(55)61-49(47-60-62(56,57)59-45-48(53)44-52)46-58-50(54)42-40-38-36-34-32-30-28-26-22-20-18-16-14-12-10-8-6-4-2/h17,19,48-49,52-53H,3-16,18,20-47H2,1-2H3,(H,56,57)/b19-17+/t48-,49+/m0/s1. The lowest BCUT2D eigenvalue weighted by atomic mass is 10.0. The number of hydrogen-bond donors (Lipinski definition) is 3. The number of phosphoric ester groups is 1. The Morgan fingerprint density at radius 2 is 0.790 bits per heavy atom. The summed E-state index contributed by atoms with van der Waals surface area (Å²) < 4.78 is 32.9. The van der Waals surface area contributed by atoms with E-state index in [0.29, 0.717) is 12.8 Å². The Kier molecular flexibility index (Phi) is 46.7. The summed E-state index contributed by atoms with van der Waals surface area (Å²) in [7, 11) is -4.62. The number of carbonyl (C=O) groups is 2. The molecule has 0 spiro atoms. The molecule has 0 aliphatic rings. The summed E-state index contributed by atoms with van der Waals surface area (Å²) in [6.07, 6.45) is 48.9. The molecule has 0 fully saturated rings. The van der Waals surface area contributed by atoms with Gasteiger partial charge in [0.2, 0.25) is 0 Å². The van der Waals surface area contributed by atoms with Crippen LogP contribution < -0.4 is 0 Å². The summed E-state index contributed by atoms with van der Waals surface area (Å²) in [4.78, 5) is 35.2. The van der Waals surface area contributed by atoms with Crippen molar-refractivity contribution in [2.24, 2.45) is 0 Å². The number of ether oxygens (including phenoxy) is 2. The molecule has 0 aliphatic heterocycles. The number of hydrogen-bond acceptors (Lipinski definition) is 9. The largest absolute Gasteiger partial charge is 0.472 e. The quantitative estimate of drug-likeness (QED) is 0.0233. The van der Waals surface area contributed by atoms with Gasteiger partial charge in [0, 0.05) is 12.8 Å². The van der Waals surface area contributed by atoms with Crippen molar-refractivity contribution in [3.63, 3.8) is 0 Å². The van der Waals surface area contributed by atoms with Crippen molar-refractivity contribution in [2.75, 3.05) is 26.4 Å². The molecule has 0 rings (SSSR count). The normalized spacial score (nSPS) is 13.7. The monoisotopic (exact) mass is 903 g/mol. The molecule has 0 heterocycles. The molecule has 0 radical (unpaired) electrons. The van der Waals surface area contributed by atoms with Crippen molar-refractivity contribution in [1.82, 2.24) is 0 Å². The van der Waals surface area contributed by atoms with E-state index in [9.17, 15) is 24.2 Å². The molecular weight excluding hydrogens is 804 g/mol. The summed E-state index contributed by atoms with van der Waals surface area (Å²) in [6.45, 7) is 2.44. The van der Waals surface area contributed by atoms with Crippen LogP contribution in [0.2, 0.25) is 0 Å². The molecule has 0 saturated heterocycles. The van der Waals surface area contributed by atoms with Gasteiger partial charge in [-0.05, 0) is 38.5 Å². The number of allylic oxidation sites excluding steroid dienone is 2. The van der Waals surface area contributed by atoms with Crippen LogP contribution in [0.15, 0.2) is 12.2 Å². The Morgan fingerprint density at radius 1 is 0.468 bits per heavy atom.